The molecule has 2 aromatic rings. The van der Waals surface area contributed by atoms with Gasteiger partial charge in [0.25, 0.3) is 0 Å². The molecule has 1 amide bonds. The Kier molecular flexibility index (Phi) is 5.30. The maximum atomic E-state index is 13.4. The van der Waals surface area contributed by atoms with Crippen molar-refractivity contribution in [1.82, 2.24) is 0 Å². The van der Waals surface area contributed by atoms with E-state index in [0.29, 0.717) is 11.3 Å². The van der Waals surface area contributed by atoms with E-state index in [0.717, 1.165) is 23.9 Å². The molecule has 0 radical (unpaired) electrons. The number of hydrogen-bond acceptors (Lipinski definition) is 3. The fraction of sp³-hybridized carbons (Fsp3) is 0.133. The lowest BCUT2D eigenvalue weighted by Gasteiger charge is -2.07. The zero-order valence-corrected chi connectivity index (χ0v) is 11.8. The number of thioether (sulfide) groups is 1. The van der Waals surface area contributed by atoms with Gasteiger partial charge in [0.05, 0.1) is 12.4 Å². The van der Waals surface area contributed by atoms with Gasteiger partial charge >= 0.3 is 0 Å². The van der Waals surface area contributed by atoms with Crippen LogP contribution in [0.25, 0.3) is 0 Å². The highest BCUT2D eigenvalue weighted by molar-refractivity contribution is 8.00. The van der Waals surface area contributed by atoms with Gasteiger partial charge in [-0.15, -0.1) is 11.8 Å². The summed E-state index contributed by atoms with van der Waals surface area (Å²) < 4.78 is 26.2. The van der Waals surface area contributed by atoms with Crippen molar-refractivity contribution < 1.29 is 18.7 Å². The summed E-state index contributed by atoms with van der Waals surface area (Å²) in [5.74, 6) is -1.64. The quantitative estimate of drug-likeness (QED) is 0.834. The molecule has 0 unspecified atom stereocenters. The Labute approximate surface area is 125 Å². The standard InChI is InChI=1S/C15H13F2NO2S/c16-11-4-5-14(13(17)7-11)21-9-15(20)18-12-3-1-2-10(6-12)8-19/h1-7,19H,8-9H2,(H,18,20). The first kappa shape index (κ1) is 15.5. The summed E-state index contributed by atoms with van der Waals surface area (Å²) in [6.07, 6.45) is 0. The average molecular weight is 309 g/mol. The van der Waals surface area contributed by atoms with Crippen LogP contribution in [0.2, 0.25) is 0 Å². The summed E-state index contributed by atoms with van der Waals surface area (Å²) in [5, 5.41) is 11.7. The number of benzene rings is 2. The predicted molar refractivity (Wildman–Crippen MR) is 78.1 cm³/mol. The molecule has 0 bridgehead atoms. The molecule has 0 aliphatic heterocycles. The van der Waals surface area contributed by atoms with Gasteiger partial charge in [-0.3, -0.25) is 4.79 Å². The van der Waals surface area contributed by atoms with E-state index in [2.05, 4.69) is 5.32 Å². The molecule has 0 aliphatic rings. The van der Waals surface area contributed by atoms with Crippen molar-refractivity contribution in [3.8, 4) is 0 Å². The molecular formula is C15H13F2NO2S. The topological polar surface area (TPSA) is 49.3 Å². The Morgan fingerprint density at radius 2 is 2.00 bits per heavy atom. The number of aliphatic hydroxyl groups excluding tert-OH is 1. The highest BCUT2D eigenvalue weighted by Gasteiger charge is 2.08. The summed E-state index contributed by atoms with van der Waals surface area (Å²) in [6, 6.07) is 10.0. The van der Waals surface area contributed by atoms with Gasteiger partial charge in [0.1, 0.15) is 11.6 Å². The molecule has 0 heterocycles. The van der Waals surface area contributed by atoms with Gasteiger partial charge in [-0.25, -0.2) is 8.78 Å². The molecule has 0 atom stereocenters. The molecule has 0 saturated heterocycles. The van der Waals surface area contributed by atoms with Gasteiger partial charge in [-0.1, -0.05) is 12.1 Å². The SMILES string of the molecule is O=C(CSc1ccc(F)cc1F)Nc1cccc(CO)c1. The number of halogens is 2. The van der Waals surface area contributed by atoms with E-state index < -0.39 is 11.6 Å². The smallest absolute Gasteiger partial charge is 0.234 e. The van der Waals surface area contributed by atoms with Crippen LogP contribution < -0.4 is 5.32 Å². The van der Waals surface area contributed by atoms with Crippen molar-refractivity contribution in [3.63, 3.8) is 0 Å². The van der Waals surface area contributed by atoms with Gasteiger partial charge in [0.2, 0.25) is 5.91 Å². The fourth-order valence-electron chi connectivity index (χ4n) is 1.68. The number of carbonyl (C=O) groups is 1. The normalized spacial score (nSPS) is 10.4. The van der Waals surface area contributed by atoms with E-state index in [-0.39, 0.29) is 23.2 Å². The summed E-state index contributed by atoms with van der Waals surface area (Å²) >= 11 is 0.990. The van der Waals surface area contributed by atoms with Gasteiger partial charge < -0.3 is 10.4 Å². The van der Waals surface area contributed by atoms with Crippen LogP contribution in [0.5, 0.6) is 0 Å². The van der Waals surface area contributed by atoms with E-state index in [1.165, 1.54) is 6.07 Å². The Balaban J connectivity index is 1.92. The number of aliphatic hydroxyl groups is 1. The van der Waals surface area contributed by atoms with Crippen LogP contribution in [0.4, 0.5) is 14.5 Å². The molecule has 6 heteroatoms. The first-order valence-corrected chi connectivity index (χ1v) is 7.14. The second kappa shape index (κ2) is 7.19. The van der Waals surface area contributed by atoms with E-state index in [9.17, 15) is 13.6 Å². The summed E-state index contributed by atoms with van der Waals surface area (Å²) in [7, 11) is 0. The van der Waals surface area contributed by atoms with Crippen molar-refractivity contribution in [2.45, 2.75) is 11.5 Å². The lowest BCUT2D eigenvalue weighted by molar-refractivity contribution is -0.113. The Hall–Kier alpha value is -1.92. The van der Waals surface area contributed by atoms with Crippen LogP contribution in [0.1, 0.15) is 5.56 Å². The number of anilines is 1. The third kappa shape index (κ3) is 4.54. The van der Waals surface area contributed by atoms with E-state index in [1.54, 1.807) is 24.3 Å². The second-order valence-electron chi connectivity index (χ2n) is 4.27. The predicted octanol–water partition coefficient (Wildman–Crippen LogP) is 3.19. The highest BCUT2D eigenvalue weighted by Crippen LogP contribution is 2.22. The molecular weight excluding hydrogens is 296 g/mol. The monoisotopic (exact) mass is 309 g/mol. The average Bonchev–Trinajstić information content (AvgIpc) is 2.46. The van der Waals surface area contributed by atoms with Crippen molar-refractivity contribution in [2.75, 3.05) is 11.1 Å². The third-order valence-corrected chi connectivity index (χ3v) is 3.69. The second-order valence-corrected chi connectivity index (χ2v) is 5.29. The van der Waals surface area contributed by atoms with Crippen LogP contribution >= 0.6 is 11.8 Å². The first-order chi connectivity index (χ1) is 10.1. The molecule has 0 aliphatic carbocycles. The van der Waals surface area contributed by atoms with E-state index in [1.807, 2.05) is 0 Å². The van der Waals surface area contributed by atoms with Gasteiger partial charge in [-0.2, -0.15) is 0 Å². The number of carbonyl (C=O) groups excluding carboxylic acids is 1. The zero-order valence-electron chi connectivity index (χ0n) is 11.0. The van der Waals surface area contributed by atoms with E-state index in [4.69, 9.17) is 5.11 Å². The minimum atomic E-state index is -0.685. The van der Waals surface area contributed by atoms with Crippen LogP contribution in [0, 0.1) is 11.6 Å². The Morgan fingerprint density at radius 1 is 1.19 bits per heavy atom. The largest absolute Gasteiger partial charge is 0.392 e. The maximum Gasteiger partial charge on any atom is 0.234 e. The van der Waals surface area contributed by atoms with Crippen molar-refractivity contribution in [3.05, 3.63) is 59.7 Å². The summed E-state index contributed by atoms with van der Waals surface area (Å²) in [5.41, 5.74) is 1.25. The Bertz CT molecular complexity index is 649. The number of hydrogen-bond donors (Lipinski definition) is 2. The molecule has 0 aromatic heterocycles. The van der Waals surface area contributed by atoms with Crippen LogP contribution in [-0.4, -0.2) is 16.8 Å². The van der Waals surface area contributed by atoms with Gasteiger partial charge in [-0.05, 0) is 29.8 Å². The highest BCUT2D eigenvalue weighted by atomic mass is 32.2. The van der Waals surface area contributed by atoms with Crippen LogP contribution in [0.15, 0.2) is 47.4 Å². The van der Waals surface area contributed by atoms with Gasteiger partial charge in [0, 0.05) is 16.6 Å². The van der Waals surface area contributed by atoms with Crippen molar-refractivity contribution in [2.24, 2.45) is 0 Å². The number of nitrogens with one attached hydrogen (secondary N) is 1. The Morgan fingerprint density at radius 3 is 2.71 bits per heavy atom. The molecule has 3 nitrogen and oxygen atoms in total. The first-order valence-electron chi connectivity index (χ1n) is 6.16. The molecule has 2 rings (SSSR count). The van der Waals surface area contributed by atoms with E-state index >= 15 is 0 Å². The molecule has 2 N–H and O–H groups in total. The van der Waals surface area contributed by atoms with Crippen molar-refractivity contribution in [1.29, 1.82) is 0 Å². The fourth-order valence-corrected chi connectivity index (χ4v) is 2.40. The summed E-state index contributed by atoms with van der Waals surface area (Å²) in [4.78, 5) is 12.0. The van der Waals surface area contributed by atoms with Gasteiger partial charge in [0.15, 0.2) is 0 Å². The molecule has 0 saturated carbocycles. The molecule has 21 heavy (non-hydrogen) atoms. The molecule has 0 fully saturated rings. The molecule has 0 spiro atoms. The molecule has 2 aromatic carbocycles. The third-order valence-electron chi connectivity index (χ3n) is 2.65. The maximum absolute atomic E-state index is 13.4. The lowest BCUT2D eigenvalue weighted by Crippen LogP contribution is -2.14. The lowest BCUT2D eigenvalue weighted by atomic mass is 10.2. The minimum absolute atomic E-state index is 0.00586. The number of amides is 1. The summed E-state index contributed by atoms with van der Waals surface area (Å²) in [6.45, 7) is -0.112. The van der Waals surface area contributed by atoms with Crippen LogP contribution in [-0.2, 0) is 11.4 Å². The van der Waals surface area contributed by atoms with Crippen LogP contribution in [0.3, 0.4) is 0 Å². The number of rotatable bonds is 5. The minimum Gasteiger partial charge on any atom is -0.392 e. The zero-order chi connectivity index (χ0) is 15.2. The molecule has 110 valence electrons. The van der Waals surface area contributed by atoms with Crippen molar-refractivity contribution >= 4 is 23.4 Å².